The van der Waals surface area contributed by atoms with E-state index < -0.39 is 24.6 Å². The van der Waals surface area contributed by atoms with E-state index in [1.807, 2.05) is 0 Å². The van der Waals surface area contributed by atoms with Crippen molar-refractivity contribution in [2.75, 3.05) is 13.2 Å². The molecule has 0 heterocycles. The molecule has 18 heavy (non-hydrogen) atoms. The van der Waals surface area contributed by atoms with Crippen molar-refractivity contribution < 1.29 is 42.1 Å². The highest BCUT2D eigenvalue weighted by Crippen LogP contribution is 2.21. The minimum absolute atomic E-state index is 0.374. The molecule has 0 radical (unpaired) electrons. The number of alkyl halides is 3. The summed E-state index contributed by atoms with van der Waals surface area (Å²) in [5.41, 5.74) is 0. The van der Waals surface area contributed by atoms with Crippen LogP contribution < -0.4 is 0 Å². The molecule has 9 heteroatoms. The second-order valence-corrected chi connectivity index (χ2v) is 2.68. The van der Waals surface area contributed by atoms with E-state index in [-0.39, 0.29) is 0 Å². The van der Waals surface area contributed by atoms with Crippen LogP contribution in [0.4, 0.5) is 22.8 Å². The summed E-state index contributed by atoms with van der Waals surface area (Å²) in [5.74, 6) is 0. The van der Waals surface area contributed by atoms with Crippen LogP contribution in [0.3, 0.4) is 0 Å². The van der Waals surface area contributed by atoms with Crippen LogP contribution in [0.15, 0.2) is 0 Å². The first kappa shape index (κ1) is 18.7. The summed E-state index contributed by atoms with van der Waals surface area (Å²) in [6.45, 7) is 4.83. The molecule has 1 unspecified atom stereocenters. The molecule has 1 N–H and O–H groups in total. The van der Waals surface area contributed by atoms with E-state index in [1.165, 1.54) is 0 Å². The van der Waals surface area contributed by atoms with E-state index in [0.29, 0.717) is 20.1 Å². The topological polar surface area (TPSA) is 82.1 Å². The van der Waals surface area contributed by atoms with Crippen molar-refractivity contribution in [2.45, 2.75) is 33.1 Å². The Hall–Kier alpha value is -1.67. The lowest BCUT2D eigenvalue weighted by Gasteiger charge is -2.13. The van der Waals surface area contributed by atoms with Crippen molar-refractivity contribution >= 4 is 12.3 Å². The molecule has 0 rings (SSSR count). The maximum absolute atomic E-state index is 11.4. The normalized spacial score (nSPS) is 11.7. The average Bonchev–Trinajstić information content (AvgIpc) is 2.16. The summed E-state index contributed by atoms with van der Waals surface area (Å²) in [4.78, 5) is 19.7. The summed E-state index contributed by atoms with van der Waals surface area (Å²) in [6, 6.07) is 0. The quantitative estimate of drug-likeness (QED) is 0.798. The highest BCUT2D eigenvalue weighted by molar-refractivity contribution is 5.59. The van der Waals surface area contributed by atoms with Gasteiger partial charge in [-0.25, -0.2) is 9.59 Å². The standard InChI is InChI=1S/C5H10O3.C4H5F3O3/c1-3-7-5(6)8-4-2;1-2(4(5,6)7)10-3(8)9/h3-4H2,1-2H3;2H,1H3,(H,8,9). The molecule has 0 aliphatic rings. The molecule has 0 saturated heterocycles. The van der Waals surface area contributed by atoms with Gasteiger partial charge in [0, 0.05) is 0 Å². The van der Waals surface area contributed by atoms with E-state index >= 15 is 0 Å². The van der Waals surface area contributed by atoms with E-state index in [2.05, 4.69) is 14.2 Å². The van der Waals surface area contributed by atoms with E-state index in [4.69, 9.17) is 5.11 Å². The molecule has 0 aromatic rings. The second-order valence-electron chi connectivity index (χ2n) is 2.68. The minimum atomic E-state index is -4.61. The fourth-order valence-corrected chi connectivity index (χ4v) is 0.495. The summed E-state index contributed by atoms with van der Waals surface area (Å²) in [7, 11) is 0. The van der Waals surface area contributed by atoms with Crippen molar-refractivity contribution in [2.24, 2.45) is 0 Å². The van der Waals surface area contributed by atoms with Gasteiger partial charge in [-0.2, -0.15) is 13.2 Å². The molecule has 6 nitrogen and oxygen atoms in total. The molecule has 0 aromatic heterocycles. The van der Waals surface area contributed by atoms with E-state index in [9.17, 15) is 22.8 Å². The second kappa shape index (κ2) is 9.37. The van der Waals surface area contributed by atoms with Crippen LogP contribution in [0.25, 0.3) is 0 Å². The third-order valence-corrected chi connectivity index (χ3v) is 1.26. The molecule has 0 amide bonds. The van der Waals surface area contributed by atoms with Crippen molar-refractivity contribution in [1.29, 1.82) is 0 Å². The maximum Gasteiger partial charge on any atom is 0.508 e. The van der Waals surface area contributed by atoms with Gasteiger partial charge >= 0.3 is 18.5 Å². The zero-order valence-electron chi connectivity index (χ0n) is 10.1. The van der Waals surface area contributed by atoms with Gasteiger partial charge in [0.15, 0.2) is 6.10 Å². The Labute approximate surface area is 102 Å². The Balaban J connectivity index is 0. The zero-order chi connectivity index (χ0) is 14.8. The average molecular weight is 276 g/mol. The van der Waals surface area contributed by atoms with Crippen LogP contribution in [0, 0.1) is 0 Å². The van der Waals surface area contributed by atoms with Gasteiger partial charge in [0.1, 0.15) is 0 Å². The van der Waals surface area contributed by atoms with Crippen molar-refractivity contribution in [3.8, 4) is 0 Å². The highest BCUT2D eigenvalue weighted by Gasteiger charge is 2.39. The van der Waals surface area contributed by atoms with Crippen molar-refractivity contribution in [3.05, 3.63) is 0 Å². The molecular weight excluding hydrogens is 261 g/mol. The van der Waals surface area contributed by atoms with Gasteiger partial charge in [0.05, 0.1) is 13.2 Å². The lowest BCUT2D eigenvalue weighted by molar-refractivity contribution is -0.201. The van der Waals surface area contributed by atoms with Gasteiger partial charge in [-0.05, 0) is 20.8 Å². The third-order valence-electron chi connectivity index (χ3n) is 1.26. The first-order chi connectivity index (χ1) is 8.15. The molecule has 0 saturated carbocycles. The number of carboxylic acid groups (broad SMARTS) is 1. The lowest BCUT2D eigenvalue weighted by Crippen LogP contribution is -2.30. The Bertz CT molecular complexity index is 245. The molecule has 0 bridgehead atoms. The Morgan fingerprint density at radius 3 is 1.72 bits per heavy atom. The van der Waals surface area contributed by atoms with Crippen LogP contribution in [-0.2, 0) is 14.2 Å². The van der Waals surface area contributed by atoms with Gasteiger partial charge in [-0.15, -0.1) is 0 Å². The van der Waals surface area contributed by atoms with Crippen LogP contribution in [0.5, 0.6) is 0 Å². The van der Waals surface area contributed by atoms with Gasteiger partial charge in [-0.1, -0.05) is 0 Å². The van der Waals surface area contributed by atoms with Gasteiger partial charge < -0.3 is 19.3 Å². The predicted octanol–water partition coefficient (Wildman–Crippen LogP) is 2.81. The fourth-order valence-electron chi connectivity index (χ4n) is 0.495. The third kappa shape index (κ3) is 12.4. The first-order valence-corrected chi connectivity index (χ1v) is 4.90. The van der Waals surface area contributed by atoms with Crippen molar-refractivity contribution in [3.63, 3.8) is 0 Å². The summed E-state index contributed by atoms with van der Waals surface area (Å²) in [5, 5.41) is 7.72. The Morgan fingerprint density at radius 2 is 1.56 bits per heavy atom. The zero-order valence-corrected chi connectivity index (χ0v) is 10.1. The fraction of sp³-hybridized carbons (Fsp3) is 0.778. The van der Waals surface area contributed by atoms with Crippen molar-refractivity contribution in [1.82, 2.24) is 0 Å². The number of hydrogen-bond donors (Lipinski definition) is 1. The van der Waals surface area contributed by atoms with Gasteiger partial charge in [0.25, 0.3) is 0 Å². The Kier molecular flexibility index (Phi) is 9.73. The molecule has 0 fully saturated rings. The minimum Gasteiger partial charge on any atom is -0.450 e. The summed E-state index contributed by atoms with van der Waals surface area (Å²) in [6.07, 6.45) is -9.39. The number of carbonyl (C=O) groups excluding carboxylic acids is 1. The number of rotatable bonds is 3. The maximum atomic E-state index is 11.4. The van der Waals surface area contributed by atoms with Gasteiger partial charge in [0.2, 0.25) is 0 Å². The van der Waals surface area contributed by atoms with Crippen LogP contribution in [0.2, 0.25) is 0 Å². The number of carbonyl (C=O) groups is 2. The Morgan fingerprint density at radius 1 is 1.17 bits per heavy atom. The lowest BCUT2D eigenvalue weighted by atomic mass is 10.4. The predicted molar refractivity (Wildman–Crippen MR) is 53.3 cm³/mol. The molecule has 0 aromatic carbocycles. The highest BCUT2D eigenvalue weighted by atomic mass is 19.4. The van der Waals surface area contributed by atoms with Crippen LogP contribution in [0.1, 0.15) is 20.8 Å². The molecule has 0 spiro atoms. The van der Waals surface area contributed by atoms with Crippen LogP contribution in [-0.4, -0.2) is 42.9 Å². The molecule has 108 valence electrons. The monoisotopic (exact) mass is 276 g/mol. The van der Waals surface area contributed by atoms with Crippen LogP contribution >= 0.6 is 0 Å². The molecule has 0 aliphatic heterocycles. The first-order valence-electron chi connectivity index (χ1n) is 4.90. The number of ether oxygens (including phenoxy) is 3. The van der Waals surface area contributed by atoms with E-state index in [0.717, 1.165) is 0 Å². The number of halogens is 3. The SMILES string of the molecule is CC(OC(=O)O)C(F)(F)F.CCOC(=O)OCC. The molecule has 0 aliphatic carbocycles. The van der Waals surface area contributed by atoms with E-state index in [1.54, 1.807) is 13.8 Å². The molecule has 1 atom stereocenters. The summed E-state index contributed by atoms with van der Waals surface area (Å²) < 4.78 is 46.5. The summed E-state index contributed by atoms with van der Waals surface area (Å²) >= 11 is 0. The smallest absolute Gasteiger partial charge is 0.450 e. The number of hydrogen-bond acceptors (Lipinski definition) is 5. The van der Waals surface area contributed by atoms with Gasteiger partial charge in [-0.3, -0.25) is 0 Å². The molecular formula is C9H15F3O6. The largest absolute Gasteiger partial charge is 0.508 e.